The summed E-state index contributed by atoms with van der Waals surface area (Å²) in [6, 6.07) is 16.5. The Kier molecular flexibility index (Phi) is 8.60. The number of allylic oxidation sites excluding steroid dienone is 1. The van der Waals surface area contributed by atoms with Crippen molar-refractivity contribution in [1.82, 2.24) is 0 Å². The molecule has 3 aromatic carbocycles. The van der Waals surface area contributed by atoms with Crippen LogP contribution in [0.3, 0.4) is 0 Å². The standard InChI is InChI=1S/C27H26ClNO5/c1-31-24-11-10-20(17-22(24)28)23(30)12-13-29-21-7-5-6-18(14-21)8-9-19-15-25(32-2)27(34-4)26(16-19)33-3/h5-17,29H,1-4H3/b9-8-,13-12-. The van der Waals surface area contributed by atoms with Crippen LogP contribution in [-0.2, 0) is 0 Å². The average Bonchev–Trinajstić information content (AvgIpc) is 2.86. The summed E-state index contributed by atoms with van der Waals surface area (Å²) in [6.45, 7) is 0. The van der Waals surface area contributed by atoms with Gasteiger partial charge >= 0.3 is 0 Å². The van der Waals surface area contributed by atoms with E-state index in [-0.39, 0.29) is 5.78 Å². The maximum Gasteiger partial charge on any atom is 0.203 e. The number of ether oxygens (including phenoxy) is 4. The van der Waals surface area contributed by atoms with Crippen molar-refractivity contribution in [2.24, 2.45) is 0 Å². The zero-order valence-corrected chi connectivity index (χ0v) is 20.2. The SMILES string of the molecule is COc1ccc(C(=O)/C=C\Nc2cccc(/C=C\c3cc(OC)c(OC)c(OC)c3)c2)cc1Cl. The van der Waals surface area contributed by atoms with Crippen molar-refractivity contribution in [3.63, 3.8) is 0 Å². The number of hydrogen-bond acceptors (Lipinski definition) is 6. The minimum Gasteiger partial charge on any atom is -0.495 e. The van der Waals surface area contributed by atoms with Gasteiger partial charge in [0, 0.05) is 23.5 Å². The quantitative estimate of drug-likeness (QED) is 0.207. The van der Waals surface area contributed by atoms with Crippen LogP contribution >= 0.6 is 11.6 Å². The Morgan fingerprint density at radius 1 is 0.794 bits per heavy atom. The highest BCUT2D eigenvalue weighted by Crippen LogP contribution is 2.38. The molecule has 34 heavy (non-hydrogen) atoms. The third-order valence-electron chi connectivity index (χ3n) is 4.96. The summed E-state index contributed by atoms with van der Waals surface area (Å²) in [5.41, 5.74) is 3.19. The number of nitrogens with one attached hydrogen (secondary N) is 1. The van der Waals surface area contributed by atoms with Crippen molar-refractivity contribution in [3.05, 3.63) is 88.6 Å². The van der Waals surface area contributed by atoms with Crippen LogP contribution in [-0.4, -0.2) is 34.2 Å². The Bertz CT molecular complexity index is 1190. The summed E-state index contributed by atoms with van der Waals surface area (Å²) in [4.78, 5) is 12.4. The van der Waals surface area contributed by atoms with Crippen LogP contribution in [0.25, 0.3) is 12.2 Å². The molecule has 0 aliphatic heterocycles. The van der Waals surface area contributed by atoms with Gasteiger partial charge in [-0.2, -0.15) is 0 Å². The number of anilines is 1. The molecular formula is C27H26ClNO5. The van der Waals surface area contributed by atoms with Gasteiger partial charge in [0.25, 0.3) is 0 Å². The highest BCUT2D eigenvalue weighted by Gasteiger charge is 2.12. The Morgan fingerprint density at radius 3 is 2.09 bits per heavy atom. The van der Waals surface area contributed by atoms with Gasteiger partial charge in [-0.3, -0.25) is 4.79 Å². The maximum atomic E-state index is 12.4. The maximum absolute atomic E-state index is 12.4. The monoisotopic (exact) mass is 479 g/mol. The van der Waals surface area contributed by atoms with Gasteiger partial charge in [-0.1, -0.05) is 35.9 Å². The molecule has 3 rings (SSSR count). The summed E-state index contributed by atoms with van der Waals surface area (Å²) >= 11 is 6.10. The number of halogens is 1. The third kappa shape index (κ3) is 6.11. The second-order valence-corrected chi connectivity index (χ2v) is 7.52. The highest BCUT2D eigenvalue weighted by molar-refractivity contribution is 6.32. The third-order valence-corrected chi connectivity index (χ3v) is 5.26. The van der Waals surface area contributed by atoms with Crippen molar-refractivity contribution in [2.75, 3.05) is 33.8 Å². The minimum absolute atomic E-state index is 0.171. The normalized spacial score (nSPS) is 11.0. The van der Waals surface area contributed by atoms with E-state index in [1.807, 2.05) is 48.6 Å². The van der Waals surface area contributed by atoms with Crippen molar-refractivity contribution >= 4 is 35.2 Å². The van der Waals surface area contributed by atoms with Gasteiger partial charge in [-0.25, -0.2) is 0 Å². The van der Waals surface area contributed by atoms with E-state index in [0.717, 1.165) is 16.8 Å². The lowest BCUT2D eigenvalue weighted by molar-refractivity contribution is 0.104. The first kappa shape index (κ1) is 24.7. The zero-order chi connectivity index (χ0) is 24.5. The van der Waals surface area contributed by atoms with Gasteiger partial charge < -0.3 is 24.3 Å². The van der Waals surface area contributed by atoms with Crippen LogP contribution in [0.1, 0.15) is 21.5 Å². The first-order chi connectivity index (χ1) is 16.5. The van der Waals surface area contributed by atoms with Crippen LogP contribution in [0.15, 0.2) is 66.9 Å². The number of hydrogen-bond donors (Lipinski definition) is 1. The second kappa shape index (κ2) is 11.8. The summed E-state index contributed by atoms with van der Waals surface area (Å²) in [6.07, 6.45) is 6.98. The van der Waals surface area contributed by atoms with E-state index in [1.54, 1.807) is 45.7 Å². The Hall–Kier alpha value is -3.90. The largest absolute Gasteiger partial charge is 0.495 e. The summed E-state index contributed by atoms with van der Waals surface area (Å²) in [5, 5.41) is 3.51. The lowest BCUT2D eigenvalue weighted by Crippen LogP contribution is -1.97. The fraction of sp³-hybridized carbons (Fsp3) is 0.148. The van der Waals surface area contributed by atoms with Crippen LogP contribution in [0.2, 0.25) is 5.02 Å². The van der Waals surface area contributed by atoms with Crippen LogP contribution in [0.5, 0.6) is 23.0 Å². The van der Waals surface area contributed by atoms with E-state index >= 15 is 0 Å². The first-order valence-corrected chi connectivity index (χ1v) is 10.8. The predicted molar refractivity (Wildman–Crippen MR) is 137 cm³/mol. The minimum atomic E-state index is -0.171. The molecule has 0 saturated carbocycles. The molecule has 3 aromatic rings. The molecule has 0 heterocycles. The van der Waals surface area contributed by atoms with Gasteiger partial charge in [-0.15, -0.1) is 0 Å². The Labute approximate surface area is 204 Å². The lowest BCUT2D eigenvalue weighted by Gasteiger charge is -2.12. The Balaban J connectivity index is 1.70. The van der Waals surface area contributed by atoms with Gasteiger partial charge in [0.1, 0.15) is 5.75 Å². The molecule has 0 aliphatic rings. The van der Waals surface area contributed by atoms with Crippen LogP contribution < -0.4 is 24.3 Å². The fourth-order valence-corrected chi connectivity index (χ4v) is 3.51. The van der Waals surface area contributed by atoms with Gasteiger partial charge in [-0.05, 0) is 53.6 Å². The van der Waals surface area contributed by atoms with E-state index in [4.69, 9.17) is 30.5 Å². The molecule has 0 unspecified atom stereocenters. The van der Waals surface area contributed by atoms with E-state index in [9.17, 15) is 4.79 Å². The molecule has 0 radical (unpaired) electrons. The van der Waals surface area contributed by atoms with Crippen molar-refractivity contribution in [3.8, 4) is 23.0 Å². The summed E-state index contributed by atoms with van der Waals surface area (Å²) in [5.74, 6) is 2.08. The molecule has 0 bridgehead atoms. The topological polar surface area (TPSA) is 66.0 Å². The van der Waals surface area contributed by atoms with E-state index in [0.29, 0.717) is 33.6 Å². The number of rotatable bonds is 10. The van der Waals surface area contributed by atoms with Gasteiger partial charge in [0.2, 0.25) is 5.75 Å². The zero-order valence-electron chi connectivity index (χ0n) is 19.4. The molecule has 7 heteroatoms. The molecule has 176 valence electrons. The lowest BCUT2D eigenvalue weighted by atomic mass is 10.1. The molecule has 6 nitrogen and oxygen atoms in total. The smallest absolute Gasteiger partial charge is 0.203 e. The first-order valence-electron chi connectivity index (χ1n) is 10.4. The van der Waals surface area contributed by atoms with Crippen molar-refractivity contribution in [2.45, 2.75) is 0 Å². The van der Waals surface area contributed by atoms with Crippen molar-refractivity contribution in [1.29, 1.82) is 0 Å². The van der Waals surface area contributed by atoms with Crippen LogP contribution in [0.4, 0.5) is 5.69 Å². The van der Waals surface area contributed by atoms with Gasteiger partial charge in [0.15, 0.2) is 17.3 Å². The molecule has 0 spiro atoms. The fourth-order valence-electron chi connectivity index (χ4n) is 3.25. The molecule has 1 N–H and O–H groups in total. The van der Waals surface area contributed by atoms with E-state index < -0.39 is 0 Å². The van der Waals surface area contributed by atoms with Crippen molar-refractivity contribution < 1.29 is 23.7 Å². The molecule has 0 aromatic heterocycles. The molecular weight excluding hydrogens is 454 g/mol. The molecule has 0 aliphatic carbocycles. The molecule has 0 atom stereocenters. The van der Waals surface area contributed by atoms with E-state index in [2.05, 4.69) is 5.32 Å². The molecule has 0 amide bonds. The average molecular weight is 480 g/mol. The van der Waals surface area contributed by atoms with Crippen LogP contribution in [0, 0.1) is 0 Å². The molecule has 0 fully saturated rings. The predicted octanol–water partition coefficient (Wildman–Crippen LogP) is 6.35. The molecule has 0 saturated heterocycles. The Morgan fingerprint density at radius 2 is 1.47 bits per heavy atom. The highest BCUT2D eigenvalue weighted by atomic mass is 35.5. The number of carbonyl (C=O) groups excluding carboxylic acids is 1. The van der Waals surface area contributed by atoms with E-state index in [1.165, 1.54) is 13.2 Å². The number of carbonyl (C=O) groups is 1. The number of ketones is 1. The number of benzene rings is 3. The number of methoxy groups -OCH3 is 4. The van der Waals surface area contributed by atoms with Gasteiger partial charge in [0.05, 0.1) is 33.5 Å². The second-order valence-electron chi connectivity index (χ2n) is 7.11. The summed E-state index contributed by atoms with van der Waals surface area (Å²) < 4.78 is 21.3. The summed E-state index contributed by atoms with van der Waals surface area (Å²) in [7, 11) is 6.27.